The van der Waals surface area contributed by atoms with E-state index in [1.165, 1.54) is 42.5 Å². The van der Waals surface area contributed by atoms with Crippen molar-refractivity contribution in [3.63, 3.8) is 0 Å². The number of aromatic carboxylic acids is 1. The summed E-state index contributed by atoms with van der Waals surface area (Å²) in [4.78, 5) is 19.6. The van der Waals surface area contributed by atoms with Gasteiger partial charge in [-0.15, -0.1) is 10.2 Å². The number of carboxylic acid groups (broad SMARTS) is 1. The Morgan fingerprint density at radius 1 is 0.621 bits per heavy atom. The molecule has 20 nitrogen and oxygen atoms in total. The number of phenolic OH excluding ortho intramolecular Hbond substituents is 1. The van der Waals surface area contributed by atoms with E-state index in [-0.39, 0.29) is 63.3 Å². The Bertz CT molecular complexity index is 2930. The molecule has 288 valence electrons. The summed E-state index contributed by atoms with van der Waals surface area (Å²) in [6, 6.07) is 22.9. The Morgan fingerprint density at radius 2 is 1.03 bits per heavy atom. The van der Waals surface area contributed by atoms with E-state index in [0.717, 1.165) is 29.8 Å². The van der Waals surface area contributed by atoms with Crippen LogP contribution in [0.3, 0.4) is 0 Å². The van der Waals surface area contributed by atoms with E-state index >= 15 is 0 Å². The Labute approximate surface area is 348 Å². The number of anilines is 1. The Balaban J connectivity index is 0.00000641. The molecule has 0 saturated heterocycles. The van der Waals surface area contributed by atoms with Crippen molar-refractivity contribution in [1.29, 1.82) is 0 Å². The summed E-state index contributed by atoms with van der Waals surface area (Å²) >= 11 is 0. The van der Waals surface area contributed by atoms with E-state index in [0.29, 0.717) is 11.3 Å². The fourth-order valence-electron chi connectivity index (χ4n) is 5.27. The zero-order valence-corrected chi connectivity index (χ0v) is 33.1. The third-order valence-corrected chi connectivity index (χ3v) is 9.75. The molecule has 0 unspecified atom stereocenters. The molecule has 0 aromatic heterocycles. The topological polar surface area (TPSA) is 330 Å². The molecule has 0 fully saturated rings. The second-order valence-electron chi connectivity index (χ2n) is 11.7. The molecule has 0 radical (unpaired) electrons. The normalized spacial score (nSPS) is 12.0. The van der Waals surface area contributed by atoms with Gasteiger partial charge in [0.05, 0.1) is 38.7 Å². The van der Waals surface area contributed by atoms with Crippen molar-refractivity contribution >= 4 is 82.5 Å². The number of non-ortho nitro benzene ring substituents is 1. The summed E-state index contributed by atoms with van der Waals surface area (Å²) in [6.45, 7) is 0. The number of carboxylic acids is 1. The second kappa shape index (κ2) is 16.9. The predicted molar refractivity (Wildman–Crippen MR) is 202 cm³/mol. The van der Waals surface area contributed by atoms with E-state index in [9.17, 15) is 56.2 Å². The molecule has 0 aliphatic heterocycles. The van der Waals surface area contributed by atoms with Crippen molar-refractivity contribution < 1.29 is 80.5 Å². The SMILES string of the molecule is Nc1c(N=Nc2ccc([N+](=O)[O-])cc2)c(S(=O)(=O)O)cc2cc(S(=O)(=O)O)c(N=Nc3ccc(-c4ccc(N=Nc5ccc(O)c(C(=O)O)c5)cc4)cc3)c(O)c12.[Na+]. The largest absolute Gasteiger partial charge is 1.00 e. The van der Waals surface area contributed by atoms with Crippen molar-refractivity contribution in [3.05, 3.63) is 119 Å². The van der Waals surface area contributed by atoms with Gasteiger partial charge in [-0.05, 0) is 83.2 Å². The van der Waals surface area contributed by atoms with Crippen LogP contribution in [0.25, 0.3) is 21.9 Å². The number of carbonyl (C=O) groups is 1. The van der Waals surface area contributed by atoms with Gasteiger partial charge in [0.25, 0.3) is 25.9 Å². The van der Waals surface area contributed by atoms with Crippen molar-refractivity contribution in [1.82, 2.24) is 0 Å². The second-order valence-corrected chi connectivity index (χ2v) is 14.5. The molecule has 6 rings (SSSR count). The van der Waals surface area contributed by atoms with Crippen LogP contribution in [0.4, 0.5) is 45.5 Å². The van der Waals surface area contributed by atoms with Gasteiger partial charge in [0.15, 0.2) is 5.75 Å². The number of nitro groups is 1. The van der Waals surface area contributed by atoms with Crippen LogP contribution < -0.4 is 35.3 Å². The molecule has 23 heteroatoms. The monoisotopic (exact) mass is 835 g/mol. The van der Waals surface area contributed by atoms with Crippen LogP contribution >= 0.6 is 0 Å². The predicted octanol–water partition coefficient (Wildman–Crippen LogP) is 5.85. The number of nitro benzene ring substituents is 1. The first kappa shape index (κ1) is 42.6. The molecule has 0 saturated carbocycles. The summed E-state index contributed by atoms with van der Waals surface area (Å²) in [5.41, 5.74) is 5.82. The van der Waals surface area contributed by atoms with E-state index in [1.807, 2.05) is 0 Å². The van der Waals surface area contributed by atoms with Crippen LogP contribution in [0.2, 0.25) is 0 Å². The van der Waals surface area contributed by atoms with Gasteiger partial charge < -0.3 is 21.1 Å². The standard InChI is InChI=1S/C35H24N8O12S2.Na/c36-31-30-20(15-28(56(50,51)52)32(31)41-38-23-9-12-25(13-10-23)43(48)49)16-29(57(53,54)55)33(34(30)45)42-39-22-7-3-19(4-8-22)18-1-5-21(6-2-18)37-40-24-11-14-27(44)26(17-24)35(46)47;/h1-17,44-45H,36H2,(H,46,47)(H,50,51,52)(H,53,54,55);/q;+1. The van der Waals surface area contributed by atoms with Gasteiger partial charge >= 0.3 is 35.5 Å². The number of azo groups is 3. The minimum Gasteiger partial charge on any atom is -0.507 e. The quantitative estimate of drug-likeness (QED) is 0.0223. The maximum atomic E-state index is 12.4. The Kier molecular flexibility index (Phi) is 12.4. The third-order valence-electron chi connectivity index (χ3n) is 8.02. The van der Waals surface area contributed by atoms with Gasteiger partial charge in [-0.3, -0.25) is 19.2 Å². The zero-order chi connectivity index (χ0) is 41.2. The van der Waals surface area contributed by atoms with Gasteiger partial charge in [-0.25, -0.2) is 4.79 Å². The molecule has 6 aromatic rings. The van der Waals surface area contributed by atoms with Crippen molar-refractivity contribution in [3.8, 4) is 22.6 Å². The smallest absolute Gasteiger partial charge is 0.507 e. The number of nitrogen functional groups attached to an aromatic ring is 1. The number of phenols is 2. The molecule has 0 heterocycles. The van der Waals surface area contributed by atoms with Gasteiger partial charge in [0.2, 0.25) is 0 Å². The summed E-state index contributed by atoms with van der Waals surface area (Å²) in [5.74, 6) is -2.69. The molecule has 0 atom stereocenters. The van der Waals surface area contributed by atoms with E-state index in [1.54, 1.807) is 36.4 Å². The molecule has 0 bridgehead atoms. The first-order valence-electron chi connectivity index (χ1n) is 15.7. The fourth-order valence-corrected chi connectivity index (χ4v) is 6.60. The molecule has 58 heavy (non-hydrogen) atoms. The van der Waals surface area contributed by atoms with Crippen LogP contribution in [0, 0.1) is 10.1 Å². The van der Waals surface area contributed by atoms with Crippen molar-refractivity contribution in [2.45, 2.75) is 9.79 Å². The maximum absolute atomic E-state index is 12.4. The molecule has 7 N–H and O–H groups in total. The van der Waals surface area contributed by atoms with Crippen molar-refractivity contribution in [2.24, 2.45) is 30.7 Å². The first-order chi connectivity index (χ1) is 26.9. The zero-order valence-electron chi connectivity index (χ0n) is 29.4. The number of benzene rings is 6. The minimum atomic E-state index is -5.16. The molecular formula is C35H24N8NaO12S2+. The molecule has 0 aliphatic rings. The van der Waals surface area contributed by atoms with Crippen molar-refractivity contribution in [2.75, 3.05) is 5.73 Å². The molecule has 0 amide bonds. The summed E-state index contributed by atoms with van der Waals surface area (Å²) in [6.07, 6.45) is 0. The van der Waals surface area contributed by atoms with E-state index in [4.69, 9.17) is 5.73 Å². The number of hydrogen-bond donors (Lipinski definition) is 6. The van der Waals surface area contributed by atoms with Crippen LogP contribution in [0.1, 0.15) is 10.4 Å². The molecular weight excluding hydrogens is 812 g/mol. The van der Waals surface area contributed by atoms with Gasteiger partial charge in [-0.2, -0.15) is 37.3 Å². The third kappa shape index (κ3) is 9.35. The molecule has 0 aliphatic carbocycles. The maximum Gasteiger partial charge on any atom is 1.00 e. The van der Waals surface area contributed by atoms with Gasteiger partial charge in [0, 0.05) is 12.1 Å². The summed E-state index contributed by atoms with van der Waals surface area (Å²) < 4.78 is 69.5. The minimum absolute atomic E-state index is 0. The first-order valence-corrected chi connectivity index (χ1v) is 18.6. The van der Waals surface area contributed by atoms with Crippen LogP contribution in [-0.4, -0.2) is 52.2 Å². The Morgan fingerprint density at radius 3 is 1.50 bits per heavy atom. The number of hydrogen-bond acceptors (Lipinski definition) is 16. The fraction of sp³-hybridized carbons (Fsp3) is 0. The number of rotatable bonds is 11. The summed E-state index contributed by atoms with van der Waals surface area (Å²) in [5, 5.41) is 63.9. The molecule has 0 spiro atoms. The van der Waals surface area contributed by atoms with E-state index < -0.39 is 74.9 Å². The summed E-state index contributed by atoms with van der Waals surface area (Å²) in [7, 11) is -10.3. The molecule has 6 aromatic carbocycles. The number of aromatic hydroxyl groups is 2. The number of fused-ring (bicyclic) bond motifs is 1. The van der Waals surface area contributed by atoms with Gasteiger partial charge in [0.1, 0.15) is 32.5 Å². The average molecular weight is 836 g/mol. The van der Waals surface area contributed by atoms with Crippen LogP contribution in [0.15, 0.2) is 144 Å². The van der Waals surface area contributed by atoms with Crippen LogP contribution in [-0.2, 0) is 20.2 Å². The number of nitrogens with two attached hydrogens (primary N) is 1. The number of nitrogens with zero attached hydrogens (tertiary/aromatic N) is 7. The van der Waals surface area contributed by atoms with Crippen LogP contribution in [0.5, 0.6) is 11.5 Å². The average Bonchev–Trinajstić information content (AvgIpc) is 3.16. The van der Waals surface area contributed by atoms with E-state index in [2.05, 4.69) is 30.7 Å². The Hall–Kier alpha value is -6.53. The van der Waals surface area contributed by atoms with Gasteiger partial charge in [-0.1, -0.05) is 24.3 Å².